The van der Waals surface area contributed by atoms with E-state index in [1.165, 1.54) is 0 Å². The van der Waals surface area contributed by atoms with Gasteiger partial charge in [-0.25, -0.2) is 4.98 Å². The first-order valence-electron chi connectivity index (χ1n) is 5.51. The van der Waals surface area contributed by atoms with Crippen molar-refractivity contribution in [2.24, 2.45) is 0 Å². The van der Waals surface area contributed by atoms with Crippen LogP contribution in [0.25, 0.3) is 10.9 Å². The Morgan fingerprint density at radius 2 is 2.06 bits per heavy atom. The molecule has 1 N–H and O–H groups in total. The maximum Gasteiger partial charge on any atom is 0.258 e. The summed E-state index contributed by atoms with van der Waals surface area (Å²) in [6.07, 6.45) is 0. The van der Waals surface area contributed by atoms with Crippen molar-refractivity contribution >= 4 is 22.5 Å². The zero-order valence-electron chi connectivity index (χ0n) is 10.2. The Hall–Kier alpha value is -1.35. The number of halogens is 1. The largest absolute Gasteiger partial charge is 0.309 e. The molecule has 0 atom stereocenters. The Balaban J connectivity index is 2.71. The number of H-pyrrole nitrogens is 1. The van der Waals surface area contributed by atoms with Crippen LogP contribution < -0.4 is 5.56 Å². The van der Waals surface area contributed by atoms with Gasteiger partial charge in [0.05, 0.1) is 16.8 Å². The third-order valence-electron chi connectivity index (χ3n) is 2.75. The lowest BCUT2D eigenvalue weighted by atomic mass is 9.86. The molecule has 0 saturated carbocycles. The molecule has 1 heterocycles. The van der Waals surface area contributed by atoms with E-state index in [0.717, 1.165) is 5.56 Å². The quantitative estimate of drug-likeness (QED) is 0.791. The maximum atomic E-state index is 11.9. The van der Waals surface area contributed by atoms with Gasteiger partial charge in [-0.2, -0.15) is 0 Å². The Labute approximate surface area is 105 Å². The summed E-state index contributed by atoms with van der Waals surface area (Å²) in [6, 6.07) is 5.78. The Morgan fingerprint density at radius 1 is 1.35 bits per heavy atom. The molecule has 17 heavy (non-hydrogen) atoms. The summed E-state index contributed by atoms with van der Waals surface area (Å²) in [5, 5.41) is 0.617. The first kappa shape index (κ1) is 12.1. The van der Waals surface area contributed by atoms with E-state index < -0.39 is 0 Å². The highest BCUT2D eigenvalue weighted by molar-refractivity contribution is 6.16. The fourth-order valence-corrected chi connectivity index (χ4v) is 1.84. The lowest BCUT2D eigenvalue weighted by molar-refractivity contribution is 0.591. The monoisotopic (exact) mass is 250 g/mol. The number of alkyl halides is 1. The number of hydrogen-bond donors (Lipinski definition) is 1. The highest BCUT2D eigenvalue weighted by Gasteiger charge is 2.15. The van der Waals surface area contributed by atoms with Crippen LogP contribution in [0, 0.1) is 0 Å². The molecule has 0 bridgehead atoms. The summed E-state index contributed by atoms with van der Waals surface area (Å²) in [4.78, 5) is 18.9. The molecular weight excluding hydrogens is 236 g/mol. The standard InChI is InChI=1S/C13H15ClN2O/c1-13(2,3)8-4-5-10-9(6-8)12(17)16-11(7-14)15-10/h4-6H,7H2,1-3H3,(H,15,16,17). The highest BCUT2D eigenvalue weighted by Crippen LogP contribution is 2.24. The SMILES string of the molecule is CC(C)(C)c1ccc2nc(CCl)[nH]c(=O)c2c1. The third kappa shape index (κ3) is 2.34. The van der Waals surface area contributed by atoms with Crippen molar-refractivity contribution < 1.29 is 0 Å². The zero-order valence-corrected chi connectivity index (χ0v) is 10.9. The second-order valence-corrected chi connectivity index (χ2v) is 5.40. The fourth-order valence-electron chi connectivity index (χ4n) is 1.72. The van der Waals surface area contributed by atoms with E-state index in [4.69, 9.17) is 11.6 Å². The average molecular weight is 251 g/mol. The van der Waals surface area contributed by atoms with Crippen LogP contribution in [0.3, 0.4) is 0 Å². The molecule has 0 unspecified atom stereocenters. The minimum atomic E-state index is -0.128. The molecule has 2 rings (SSSR count). The number of hydrogen-bond acceptors (Lipinski definition) is 2. The molecule has 0 aliphatic rings. The Bertz CT molecular complexity index is 611. The lowest BCUT2D eigenvalue weighted by Crippen LogP contribution is -2.15. The summed E-state index contributed by atoms with van der Waals surface area (Å²) in [6.45, 7) is 6.34. The second kappa shape index (κ2) is 4.15. The molecule has 0 saturated heterocycles. The molecule has 90 valence electrons. The van der Waals surface area contributed by atoms with Crippen LogP contribution in [0.1, 0.15) is 32.2 Å². The predicted molar refractivity (Wildman–Crippen MR) is 70.6 cm³/mol. The van der Waals surface area contributed by atoms with Gasteiger partial charge >= 0.3 is 0 Å². The summed E-state index contributed by atoms with van der Waals surface area (Å²) >= 11 is 5.67. The van der Waals surface area contributed by atoms with Gasteiger partial charge in [0.15, 0.2) is 0 Å². The van der Waals surface area contributed by atoms with Crippen molar-refractivity contribution in [1.29, 1.82) is 0 Å². The van der Waals surface area contributed by atoms with Gasteiger partial charge in [0.25, 0.3) is 5.56 Å². The lowest BCUT2D eigenvalue weighted by Gasteiger charge is -2.19. The van der Waals surface area contributed by atoms with Crippen molar-refractivity contribution in [3.8, 4) is 0 Å². The zero-order chi connectivity index (χ0) is 12.6. The van der Waals surface area contributed by atoms with Crippen molar-refractivity contribution in [1.82, 2.24) is 9.97 Å². The molecule has 4 heteroatoms. The van der Waals surface area contributed by atoms with Crippen molar-refractivity contribution in [3.05, 3.63) is 39.9 Å². The first-order chi connectivity index (χ1) is 7.91. The first-order valence-corrected chi connectivity index (χ1v) is 6.04. The normalized spacial score (nSPS) is 12.0. The number of nitrogens with zero attached hydrogens (tertiary/aromatic N) is 1. The van der Waals surface area contributed by atoms with Gasteiger partial charge in [-0.3, -0.25) is 4.79 Å². The summed E-state index contributed by atoms with van der Waals surface area (Å²) in [5.74, 6) is 0.722. The summed E-state index contributed by atoms with van der Waals surface area (Å²) in [5.41, 5.74) is 1.70. The van der Waals surface area contributed by atoms with E-state index in [1.807, 2.05) is 18.2 Å². The van der Waals surface area contributed by atoms with Crippen molar-refractivity contribution in [3.63, 3.8) is 0 Å². The number of nitrogens with one attached hydrogen (secondary N) is 1. The van der Waals surface area contributed by atoms with Crippen molar-refractivity contribution in [2.75, 3.05) is 0 Å². The highest BCUT2D eigenvalue weighted by atomic mass is 35.5. The molecule has 0 amide bonds. The molecular formula is C13H15ClN2O. The van der Waals surface area contributed by atoms with Crippen LogP contribution in [-0.4, -0.2) is 9.97 Å². The van der Waals surface area contributed by atoms with Crippen LogP contribution in [0.15, 0.2) is 23.0 Å². The number of aromatic amines is 1. The molecule has 0 fully saturated rings. The number of aromatic nitrogens is 2. The van der Waals surface area contributed by atoms with E-state index in [1.54, 1.807) is 0 Å². The van der Waals surface area contributed by atoms with Gasteiger partial charge in [-0.05, 0) is 23.1 Å². The van der Waals surface area contributed by atoms with E-state index in [2.05, 4.69) is 30.7 Å². The molecule has 3 nitrogen and oxygen atoms in total. The minimum absolute atomic E-state index is 0.0196. The van der Waals surface area contributed by atoms with Crippen LogP contribution in [0.5, 0.6) is 0 Å². The summed E-state index contributed by atoms with van der Waals surface area (Å²) < 4.78 is 0. The van der Waals surface area contributed by atoms with Gasteiger partial charge in [0.2, 0.25) is 0 Å². The Morgan fingerprint density at radius 3 is 2.65 bits per heavy atom. The molecule has 2 aromatic rings. The maximum absolute atomic E-state index is 11.9. The third-order valence-corrected chi connectivity index (χ3v) is 3.00. The average Bonchev–Trinajstić information content (AvgIpc) is 2.27. The molecule has 0 aliphatic heterocycles. The molecule has 0 aliphatic carbocycles. The number of rotatable bonds is 1. The van der Waals surface area contributed by atoms with E-state index >= 15 is 0 Å². The topological polar surface area (TPSA) is 45.8 Å². The fraction of sp³-hybridized carbons (Fsp3) is 0.385. The predicted octanol–water partition coefficient (Wildman–Crippen LogP) is 2.96. The smallest absolute Gasteiger partial charge is 0.258 e. The van der Waals surface area contributed by atoms with Crippen LogP contribution >= 0.6 is 11.6 Å². The molecule has 0 spiro atoms. The molecule has 0 radical (unpaired) electrons. The van der Waals surface area contributed by atoms with Crippen LogP contribution in [-0.2, 0) is 11.3 Å². The van der Waals surface area contributed by atoms with Gasteiger partial charge in [-0.15, -0.1) is 11.6 Å². The summed E-state index contributed by atoms with van der Waals surface area (Å²) in [7, 11) is 0. The molecule has 1 aromatic heterocycles. The van der Waals surface area contributed by atoms with E-state index in [9.17, 15) is 4.79 Å². The minimum Gasteiger partial charge on any atom is -0.309 e. The van der Waals surface area contributed by atoms with E-state index in [-0.39, 0.29) is 16.9 Å². The van der Waals surface area contributed by atoms with Crippen LogP contribution in [0.2, 0.25) is 0 Å². The van der Waals surface area contributed by atoms with Crippen molar-refractivity contribution in [2.45, 2.75) is 32.1 Å². The number of benzene rings is 1. The van der Waals surface area contributed by atoms with Gasteiger partial charge in [0.1, 0.15) is 5.82 Å². The number of fused-ring (bicyclic) bond motifs is 1. The van der Waals surface area contributed by atoms with Gasteiger partial charge in [-0.1, -0.05) is 26.8 Å². The Kier molecular flexibility index (Phi) is 2.96. The van der Waals surface area contributed by atoms with Gasteiger partial charge in [0, 0.05) is 0 Å². The molecule has 1 aromatic carbocycles. The van der Waals surface area contributed by atoms with Gasteiger partial charge < -0.3 is 4.98 Å². The second-order valence-electron chi connectivity index (χ2n) is 5.13. The van der Waals surface area contributed by atoms with E-state index in [0.29, 0.717) is 16.7 Å². The van der Waals surface area contributed by atoms with Crippen LogP contribution in [0.4, 0.5) is 0 Å².